The molecule has 0 radical (unpaired) electrons. The molecule has 0 atom stereocenters. The molecule has 2 aromatic rings. The van der Waals surface area contributed by atoms with Gasteiger partial charge in [0.25, 0.3) is 0 Å². The highest BCUT2D eigenvalue weighted by atomic mass is 16.5. The highest BCUT2D eigenvalue weighted by molar-refractivity contribution is 5.79. The van der Waals surface area contributed by atoms with Gasteiger partial charge in [-0.1, -0.05) is 49.3 Å². The largest absolute Gasteiger partial charge is 0.361 e. The van der Waals surface area contributed by atoms with Crippen molar-refractivity contribution < 1.29 is 4.52 Å². The molecule has 1 aromatic carbocycles. The van der Waals surface area contributed by atoms with Crippen LogP contribution in [0.4, 0.5) is 0 Å². The van der Waals surface area contributed by atoms with E-state index in [0.717, 1.165) is 81.6 Å². The third-order valence-corrected chi connectivity index (χ3v) is 5.70. The van der Waals surface area contributed by atoms with Crippen LogP contribution >= 0.6 is 0 Å². The highest BCUT2D eigenvalue weighted by Gasteiger charge is 2.17. The van der Waals surface area contributed by atoms with E-state index in [1.165, 1.54) is 5.56 Å². The van der Waals surface area contributed by atoms with Gasteiger partial charge in [0.2, 0.25) is 0 Å². The molecule has 7 nitrogen and oxygen atoms in total. The number of nitrogens with one attached hydrogen (secondary N) is 2. The summed E-state index contributed by atoms with van der Waals surface area (Å²) in [5.74, 6) is 1.78. The van der Waals surface area contributed by atoms with Gasteiger partial charge in [-0.25, -0.2) is 0 Å². The minimum atomic E-state index is 0.688. The second kappa shape index (κ2) is 11.7. The lowest BCUT2D eigenvalue weighted by atomic mass is 10.1. The molecule has 2 N–H and O–H groups in total. The lowest BCUT2D eigenvalue weighted by Gasteiger charge is -2.34. The number of hydrogen-bond acceptors (Lipinski definition) is 5. The molecule has 1 aromatic heterocycles. The van der Waals surface area contributed by atoms with Crippen molar-refractivity contribution in [3.63, 3.8) is 0 Å². The number of aryl methyl sites for hydroxylation is 2. The van der Waals surface area contributed by atoms with Crippen molar-refractivity contribution in [3.05, 3.63) is 52.9 Å². The summed E-state index contributed by atoms with van der Waals surface area (Å²) in [4.78, 5) is 9.41. The SMILES string of the molecule is CCc1noc(CC)c1CNC(=NC)NCCN1CCN(Cc2ccccc2)CC1. The van der Waals surface area contributed by atoms with E-state index < -0.39 is 0 Å². The summed E-state index contributed by atoms with van der Waals surface area (Å²) in [5.41, 5.74) is 3.59. The van der Waals surface area contributed by atoms with Crippen LogP contribution in [-0.2, 0) is 25.9 Å². The Morgan fingerprint density at radius 3 is 2.43 bits per heavy atom. The lowest BCUT2D eigenvalue weighted by molar-refractivity contribution is 0.129. The lowest BCUT2D eigenvalue weighted by Crippen LogP contribution is -2.48. The standard InChI is InChI=1S/C23H36N6O/c1-4-21-20(22(5-2)30-27-21)17-26-23(24-3)25-11-12-28-13-15-29(16-14-28)18-19-9-7-6-8-10-19/h6-10H,4-5,11-18H2,1-3H3,(H2,24,25,26). The van der Waals surface area contributed by atoms with E-state index in [9.17, 15) is 0 Å². The van der Waals surface area contributed by atoms with Crippen LogP contribution in [0.3, 0.4) is 0 Å². The van der Waals surface area contributed by atoms with Gasteiger partial charge in [-0.15, -0.1) is 0 Å². The first-order valence-electron chi connectivity index (χ1n) is 11.1. The highest BCUT2D eigenvalue weighted by Crippen LogP contribution is 2.15. The van der Waals surface area contributed by atoms with Crippen LogP contribution in [0, 0.1) is 0 Å². The number of guanidine groups is 1. The second-order valence-corrected chi connectivity index (χ2v) is 7.69. The monoisotopic (exact) mass is 412 g/mol. The average molecular weight is 413 g/mol. The normalized spacial score (nSPS) is 16.0. The fourth-order valence-corrected chi connectivity index (χ4v) is 3.88. The molecule has 0 bridgehead atoms. The maximum Gasteiger partial charge on any atom is 0.191 e. The number of aliphatic imine (C=N–C) groups is 1. The molecule has 1 aliphatic rings. The van der Waals surface area contributed by atoms with Crippen LogP contribution in [-0.4, -0.2) is 67.2 Å². The Morgan fingerprint density at radius 1 is 1.03 bits per heavy atom. The van der Waals surface area contributed by atoms with E-state index in [4.69, 9.17) is 4.52 Å². The van der Waals surface area contributed by atoms with Crippen molar-refractivity contribution in [2.24, 2.45) is 4.99 Å². The molecule has 0 aliphatic carbocycles. The maximum atomic E-state index is 5.45. The van der Waals surface area contributed by atoms with E-state index in [1.807, 2.05) is 7.05 Å². The molecule has 0 saturated carbocycles. The number of piperazine rings is 1. The third-order valence-electron chi connectivity index (χ3n) is 5.70. The van der Waals surface area contributed by atoms with E-state index in [0.29, 0.717) is 6.54 Å². The Balaban J connectivity index is 1.36. The Bertz CT molecular complexity index is 759. The molecule has 0 spiro atoms. The zero-order valence-corrected chi connectivity index (χ0v) is 18.7. The number of aromatic nitrogens is 1. The zero-order chi connectivity index (χ0) is 21.2. The molecule has 1 fully saturated rings. The molecule has 1 saturated heterocycles. The van der Waals surface area contributed by atoms with Crippen LogP contribution in [0.25, 0.3) is 0 Å². The molecule has 30 heavy (non-hydrogen) atoms. The molecule has 3 rings (SSSR count). The molecule has 0 amide bonds. The van der Waals surface area contributed by atoms with Crippen molar-refractivity contribution in [2.45, 2.75) is 39.8 Å². The van der Waals surface area contributed by atoms with Crippen LogP contribution in [0.15, 0.2) is 39.8 Å². The Labute approximate surface area is 180 Å². The van der Waals surface area contributed by atoms with Crippen LogP contribution in [0.2, 0.25) is 0 Å². The summed E-state index contributed by atoms with van der Waals surface area (Å²) in [7, 11) is 1.81. The number of nitrogens with zero attached hydrogens (tertiary/aromatic N) is 4. The summed E-state index contributed by atoms with van der Waals surface area (Å²) < 4.78 is 5.45. The number of rotatable bonds is 9. The van der Waals surface area contributed by atoms with Gasteiger partial charge in [0, 0.05) is 71.4 Å². The summed E-state index contributed by atoms with van der Waals surface area (Å²) in [5, 5.41) is 11.0. The minimum Gasteiger partial charge on any atom is -0.361 e. The number of benzene rings is 1. The first kappa shape index (κ1) is 22.3. The van der Waals surface area contributed by atoms with Gasteiger partial charge in [-0.3, -0.25) is 14.8 Å². The van der Waals surface area contributed by atoms with E-state index in [2.05, 4.69) is 74.8 Å². The van der Waals surface area contributed by atoms with E-state index >= 15 is 0 Å². The Kier molecular flexibility index (Phi) is 8.71. The maximum absolute atomic E-state index is 5.45. The molecular formula is C23H36N6O. The summed E-state index contributed by atoms with van der Waals surface area (Å²) in [6.45, 7) is 12.3. The van der Waals surface area contributed by atoms with Crippen LogP contribution < -0.4 is 10.6 Å². The first-order chi connectivity index (χ1) is 14.7. The van der Waals surface area contributed by atoms with Gasteiger partial charge in [0.1, 0.15) is 5.76 Å². The third kappa shape index (κ3) is 6.31. The van der Waals surface area contributed by atoms with Crippen molar-refractivity contribution in [3.8, 4) is 0 Å². The zero-order valence-electron chi connectivity index (χ0n) is 18.7. The average Bonchev–Trinajstić information content (AvgIpc) is 3.20. The van der Waals surface area contributed by atoms with Gasteiger partial charge >= 0.3 is 0 Å². The van der Waals surface area contributed by atoms with E-state index in [1.54, 1.807) is 0 Å². The molecule has 164 valence electrons. The molecule has 0 unspecified atom stereocenters. The predicted molar refractivity (Wildman–Crippen MR) is 122 cm³/mol. The van der Waals surface area contributed by atoms with Gasteiger partial charge in [-0.05, 0) is 12.0 Å². The molecule has 1 aliphatic heterocycles. The summed E-state index contributed by atoms with van der Waals surface area (Å²) >= 11 is 0. The quantitative estimate of drug-likeness (QED) is 0.487. The van der Waals surface area contributed by atoms with Crippen molar-refractivity contribution >= 4 is 5.96 Å². The molecule has 7 heteroatoms. The smallest absolute Gasteiger partial charge is 0.191 e. The molecular weight excluding hydrogens is 376 g/mol. The topological polar surface area (TPSA) is 68.9 Å². The van der Waals surface area contributed by atoms with Gasteiger partial charge in [0.15, 0.2) is 5.96 Å². The Hall–Kier alpha value is -2.38. The van der Waals surface area contributed by atoms with Crippen LogP contribution in [0.1, 0.15) is 36.4 Å². The van der Waals surface area contributed by atoms with E-state index in [-0.39, 0.29) is 0 Å². The van der Waals surface area contributed by atoms with Crippen LogP contribution in [0.5, 0.6) is 0 Å². The second-order valence-electron chi connectivity index (χ2n) is 7.69. The fourth-order valence-electron chi connectivity index (χ4n) is 3.88. The van der Waals surface area contributed by atoms with Gasteiger partial charge < -0.3 is 15.2 Å². The van der Waals surface area contributed by atoms with Gasteiger partial charge in [0.05, 0.1) is 5.69 Å². The number of hydrogen-bond donors (Lipinski definition) is 2. The van der Waals surface area contributed by atoms with Crippen molar-refractivity contribution in [2.75, 3.05) is 46.3 Å². The summed E-state index contributed by atoms with van der Waals surface area (Å²) in [6.07, 6.45) is 1.73. The first-order valence-corrected chi connectivity index (χ1v) is 11.1. The predicted octanol–water partition coefficient (Wildman–Crippen LogP) is 2.28. The molecule has 2 heterocycles. The summed E-state index contributed by atoms with van der Waals surface area (Å²) in [6, 6.07) is 10.7. The fraction of sp³-hybridized carbons (Fsp3) is 0.565. The van der Waals surface area contributed by atoms with Crippen molar-refractivity contribution in [1.29, 1.82) is 0 Å². The van der Waals surface area contributed by atoms with Gasteiger partial charge in [-0.2, -0.15) is 0 Å². The minimum absolute atomic E-state index is 0.688. The Morgan fingerprint density at radius 2 is 1.77 bits per heavy atom. The van der Waals surface area contributed by atoms with Crippen molar-refractivity contribution in [1.82, 2.24) is 25.6 Å².